The molecule has 0 saturated carbocycles. The lowest BCUT2D eigenvalue weighted by molar-refractivity contribution is -0.189. The standard InChI is InChI=1S/C13H17F3O2Si/c1-8-6-10(18-12(17)13(14,15)16)11(7-9(8)2)19(3,4)5/h6-7H,1-5H3. The van der Waals surface area contributed by atoms with Crippen molar-refractivity contribution in [2.45, 2.75) is 39.7 Å². The van der Waals surface area contributed by atoms with Crippen LogP contribution in [0, 0.1) is 13.8 Å². The molecule has 0 N–H and O–H groups in total. The molecule has 0 aliphatic heterocycles. The zero-order chi connectivity index (χ0) is 15.0. The number of carbonyl (C=O) groups excluding carboxylic acids is 1. The molecule has 2 nitrogen and oxygen atoms in total. The van der Waals surface area contributed by atoms with Crippen molar-refractivity contribution < 1.29 is 22.7 Å². The van der Waals surface area contributed by atoms with E-state index >= 15 is 0 Å². The quantitative estimate of drug-likeness (QED) is 0.474. The Hall–Kier alpha value is -1.30. The molecule has 0 amide bonds. The molecule has 1 rings (SSSR count). The van der Waals surface area contributed by atoms with E-state index in [4.69, 9.17) is 0 Å². The molecule has 106 valence electrons. The van der Waals surface area contributed by atoms with E-state index in [1.165, 1.54) is 6.07 Å². The summed E-state index contributed by atoms with van der Waals surface area (Å²) in [5.41, 5.74) is 1.77. The smallest absolute Gasteiger partial charge is 0.420 e. The fourth-order valence-corrected chi connectivity index (χ4v) is 3.13. The summed E-state index contributed by atoms with van der Waals surface area (Å²) in [6.07, 6.45) is -4.98. The lowest BCUT2D eigenvalue weighted by Crippen LogP contribution is -2.40. The maximum atomic E-state index is 12.3. The van der Waals surface area contributed by atoms with Gasteiger partial charge in [0.15, 0.2) is 0 Å². The van der Waals surface area contributed by atoms with Gasteiger partial charge in [0.05, 0.1) is 8.07 Å². The molecule has 1 aromatic rings. The van der Waals surface area contributed by atoms with Crippen LogP contribution in [0.1, 0.15) is 11.1 Å². The van der Waals surface area contributed by atoms with Gasteiger partial charge < -0.3 is 4.74 Å². The maximum absolute atomic E-state index is 12.3. The Kier molecular flexibility index (Phi) is 4.14. The van der Waals surface area contributed by atoms with Crippen LogP contribution in [0.3, 0.4) is 0 Å². The van der Waals surface area contributed by atoms with E-state index in [-0.39, 0.29) is 5.75 Å². The summed E-state index contributed by atoms with van der Waals surface area (Å²) in [5.74, 6) is -2.14. The molecular formula is C13H17F3O2Si. The highest BCUT2D eigenvalue weighted by atomic mass is 28.3. The van der Waals surface area contributed by atoms with Gasteiger partial charge in [0, 0.05) is 0 Å². The van der Waals surface area contributed by atoms with Crippen molar-refractivity contribution in [2.24, 2.45) is 0 Å². The van der Waals surface area contributed by atoms with E-state index in [1.54, 1.807) is 6.92 Å². The fraction of sp³-hybridized carbons (Fsp3) is 0.462. The number of alkyl halides is 3. The highest BCUT2D eigenvalue weighted by Crippen LogP contribution is 2.23. The van der Waals surface area contributed by atoms with Crippen LogP contribution in [0.15, 0.2) is 12.1 Å². The number of aryl methyl sites for hydroxylation is 2. The Morgan fingerprint density at radius 3 is 2.00 bits per heavy atom. The number of rotatable bonds is 2. The lowest BCUT2D eigenvalue weighted by atomic mass is 10.1. The van der Waals surface area contributed by atoms with Gasteiger partial charge in [0.1, 0.15) is 5.75 Å². The first-order chi connectivity index (χ1) is 8.43. The molecule has 0 aliphatic carbocycles. The fourth-order valence-electron chi connectivity index (χ4n) is 1.62. The summed E-state index contributed by atoms with van der Waals surface area (Å²) in [6.45, 7) is 9.62. The largest absolute Gasteiger partial charge is 0.491 e. The van der Waals surface area contributed by atoms with Gasteiger partial charge in [-0.25, -0.2) is 4.79 Å². The van der Waals surface area contributed by atoms with Gasteiger partial charge in [-0.2, -0.15) is 13.2 Å². The van der Waals surface area contributed by atoms with Crippen LogP contribution in [0.4, 0.5) is 13.2 Å². The van der Waals surface area contributed by atoms with Crippen LogP contribution in [-0.2, 0) is 4.79 Å². The van der Waals surface area contributed by atoms with Crippen LogP contribution >= 0.6 is 0 Å². The van der Waals surface area contributed by atoms with Gasteiger partial charge in [-0.15, -0.1) is 0 Å². The second-order valence-corrected chi connectivity index (χ2v) is 10.6. The first kappa shape index (κ1) is 15.8. The minimum Gasteiger partial charge on any atom is -0.420 e. The van der Waals surface area contributed by atoms with Crippen LogP contribution in [0.2, 0.25) is 19.6 Å². The van der Waals surface area contributed by atoms with E-state index in [0.29, 0.717) is 5.19 Å². The number of carbonyl (C=O) groups is 1. The number of ether oxygens (including phenoxy) is 1. The molecule has 19 heavy (non-hydrogen) atoms. The molecule has 0 heterocycles. The SMILES string of the molecule is Cc1cc(OC(=O)C(F)(F)F)c([Si](C)(C)C)cc1C. The molecule has 6 heteroatoms. The molecular weight excluding hydrogens is 273 g/mol. The minimum atomic E-state index is -4.98. The third-order valence-electron chi connectivity index (χ3n) is 2.84. The average molecular weight is 290 g/mol. The minimum absolute atomic E-state index is 0.0320. The third kappa shape index (κ3) is 3.83. The molecule has 0 atom stereocenters. The molecule has 0 aliphatic rings. The number of halogens is 3. The Balaban J connectivity index is 3.27. The number of esters is 1. The first-order valence-electron chi connectivity index (χ1n) is 5.83. The van der Waals surface area contributed by atoms with E-state index in [0.717, 1.165) is 11.1 Å². The molecule has 0 fully saturated rings. The van der Waals surface area contributed by atoms with Gasteiger partial charge in [-0.1, -0.05) is 25.7 Å². The molecule has 0 radical (unpaired) electrons. The van der Waals surface area contributed by atoms with Crippen molar-refractivity contribution in [3.63, 3.8) is 0 Å². The molecule has 0 saturated heterocycles. The maximum Gasteiger partial charge on any atom is 0.491 e. The predicted octanol–water partition coefficient (Wildman–Crippen LogP) is 3.32. The zero-order valence-electron chi connectivity index (χ0n) is 11.6. The molecule has 1 aromatic carbocycles. The topological polar surface area (TPSA) is 26.3 Å². The Morgan fingerprint density at radius 2 is 1.58 bits per heavy atom. The normalized spacial score (nSPS) is 12.4. The van der Waals surface area contributed by atoms with Gasteiger partial charge in [0.2, 0.25) is 0 Å². The van der Waals surface area contributed by atoms with Gasteiger partial charge in [0.25, 0.3) is 0 Å². The first-order valence-corrected chi connectivity index (χ1v) is 9.33. The van der Waals surface area contributed by atoms with Crippen LogP contribution < -0.4 is 9.92 Å². The summed E-state index contributed by atoms with van der Waals surface area (Å²) in [6, 6.07) is 3.33. The molecule has 0 unspecified atom stereocenters. The molecule has 0 bridgehead atoms. The number of benzene rings is 1. The van der Waals surface area contributed by atoms with Gasteiger partial charge in [-0.05, 0) is 36.2 Å². The summed E-state index contributed by atoms with van der Waals surface area (Å²) < 4.78 is 41.4. The van der Waals surface area contributed by atoms with Crippen molar-refractivity contribution in [3.05, 3.63) is 23.3 Å². The second kappa shape index (κ2) is 5.00. The number of hydrogen-bond donors (Lipinski definition) is 0. The van der Waals surface area contributed by atoms with Gasteiger partial charge in [-0.3, -0.25) is 0 Å². The highest BCUT2D eigenvalue weighted by Gasteiger charge is 2.42. The Morgan fingerprint density at radius 1 is 1.11 bits per heavy atom. The van der Waals surface area contributed by atoms with E-state index in [2.05, 4.69) is 4.74 Å². The van der Waals surface area contributed by atoms with Crippen molar-refractivity contribution in [3.8, 4) is 5.75 Å². The third-order valence-corrected chi connectivity index (χ3v) is 4.84. The summed E-state index contributed by atoms with van der Waals surface area (Å²) in [7, 11) is -1.90. The van der Waals surface area contributed by atoms with Crippen LogP contribution in [0.5, 0.6) is 5.75 Å². The highest BCUT2D eigenvalue weighted by molar-refractivity contribution is 6.89. The second-order valence-electron chi connectivity index (χ2n) is 5.57. The van der Waals surface area contributed by atoms with Crippen molar-refractivity contribution in [1.29, 1.82) is 0 Å². The van der Waals surface area contributed by atoms with Gasteiger partial charge >= 0.3 is 12.1 Å². The zero-order valence-corrected chi connectivity index (χ0v) is 12.6. The van der Waals surface area contributed by atoms with Crippen LogP contribution in [0.25, 0.3) is 0 Å². The Bertz CT molecular complexity index is 502. The predicted molar refractivity (Wildman–Crippen MR) is 70.6 cm³/mol. The van der Waals surface area contributed by atoms with Crippen molar-refractivity contribution in [2.75, 3.05) is 0 Å². The van der Waals surface area contributed by atoms with Crippen LogP contribution in [-0.4, -0.2) is 20.2 Å². The molecule has 0 spiro atoms. The van der Waals surface area contributed by atoms with Crippen molar-refractivity contribution in [1.82, 2.24) is 0 Å². The molecule has 0 aromatic heterocycles. The van der Waals surface area contributed by atoms with E-state index in [9.17, 15) is 18.0 Å². The average Bonchev–Trinajstić information content (AvgIpc) is 2.19. The lowest BCUT2D eigenvalue weighted by Gasteiger charge is -2.22. The van der Waals surface area contributed by atoms with Crippen molar-refractivity contribution >= 4 is 19.2 Å². The monoisotopic (exact) mass is 290 g/mol. The van der Waals surface area contributed by atoms with E-state index in [1.807, 2.05) is 32.6 Å². The number of hydrogen-bond acceptors (Lipinski definition) is 2. The Labute approximate surface area is 111 Å². The summed E-state index contributed by atoms with van der Waals surface area (Å²) in [5, 5.41) is 0.716. The summed E-state index contributed by atoms with van der Waals surface area (Å²) in [4.78, 5) is 11.0. The van der Waals surface area contributed by atoms with E-state index < -0.39 is 20.2 Å². The summed E-state index contributed by atoms with van der Waals surface area (Å²) >= 11 is 0.